The Balaban J connectivity index is 3.27. The standard InChI is InChI=1S/C11H15BrO2/c1-7(2)11-9(12)4-8(6-13)5-10(11)14-3/h4-5,7,13H,6H2,1-3H3. The molecule has 0 amide bonds. The van der Waals surface area contributed by atoms with Crippen molar-refractivity contribution in [2.75, 3.05) is 7.11 Å². The average Bonchev–Trinajstić information content (AvgIpc) is 2.15. The zero-order chi connectivity index (χ0) is 10.7. The lowest BCUT2D eigenvalue weighted by molar-refractivity contribution is 0.280. The average molecular weight is 259 g/mol. The Labute approximate surface area is 93.0 Å². The van der Waals surface area contributed by atoms with Crippen LogP contribution in [0.2, 0.25) is 0 Å². The molecule has 1 aromatic carbocycles. The fraction of sp³-hybridized carbons (Fsp3) is 0.455. The zero-order valence-corrected chi connectivity index (χ0v) is 10.3. The third-order valence-electron chi connectivity index (χ3n) is 2.13. The highest BCUT2D eigenvalue weighted by Gasteiger charge is 2.12. The molecule has 3 heteroatoms. The van der Waals surface area contributed by atoms with Gasteiger partial charge in [0, 0.05) is 10.0 Å². The number of ether oxygens (including phenoxy) is 1. The van der Waals surface area contributed by atoms with E-state index in [0.717, 1.165) is 21.3 Å². The molecule has 2 nitrogen and oxygen atoms in total. The van der Waals surface area contributed by atoms with Gasteiger partial charge in [-0.25, -0.2) is 0 Å². The summed E-state index contributed by atoms with van der Waals surface area (Å²) in [5.74, 6) is 1.23. The second-order valence-electron chi connectivity index (χ2n) is 3.51. The first kappa shape index (κ1) is 11.5. The number of hydrogen-bond acceptors (Lipinski definition) is 2. The maximum atomic E-state index is 9.04. The minimum atomic E-state index is 0.0351. The van der Waals surface area contributed by atoms with E-state index in [-0.39, 0.29) is 6.61 Å². The van der Waals surface area contributed by atoms with Crippen molar-refractivity contribution in [1.29, 1.82) is 0 Å². The van der Waals surface area contributed by atoms with Crippen LogP contribution in [-0.2, 0) is 6.61 Å². The van der Waals surface area contributed by atoms with Crippen molar-refractivity contribution in [2.45, 2.75) is 26.4 Å². The monoisotopic (exact) mass is 258 g/mol. The molecule has 0 saturated heterocycles. The number of methoxy groups -OCH3 is 1. The third kappa shape index (κ3) is 2.28. The van der Waals surface area contributed by atoms with E-state index in [9.17, 15) is 0 Å². The van der Waals surface area contributed by atoms with Crippen molar-refractivity contribution in [3.05, 3.63) is 27.7 Å². The van der Waals surface area contributed by atoms with Crippen LogP contribution in [0.1, 0.15) is 30.9 Å². The molecule has 1 N–H and O–H groups in total. The first-order valence-electron chi connectivity index (χ1n) is 4.57. The maximum Gasteiger partial charge on any atom is 0.123 e. The SMILES string of the molecule is COc1cc(CO)cc(Br)c1C(C)C. The van der Waals surface area contributed by atoms with E-state index >= 15 is 0 Å². The van der Waals surface area contributed by atoms with Crippen LogP contribution in [0.4, 0.5) is 0 Å². The summed E-state index contributed by atoms with van der Waals surface area (Å²) in [5, 5.41) is 9.04. The van der Waals surface area contributed by atoms with E-state index in [4.69, 9.17) is 9.84 Å². The van der Waals surface area contributed by atoms with Gasteiger partial charge >= 0.3 is 0 Å². The second kappa shape index (κ2) is 4.80. The van der Waals surface area contributed by atoms with Crippen LogP contribution in [0, 0.1) is 0 Å². The van der Waals surface area contributed by atoms with Gasteiger partial charge < -0.3 is 9.84 Å². The summed E-state index contributed by atoms with van der Waals surface area (Å²) in [5.41, 5.74) is 2.00. The predicted molar refractivity (Wildman–Crippen MR) is 60.7 cm³/mol. The van der Waals surface area contributed by atoms with Crippen molar-refractivity contribution in [2.24, 2.45) is 0 Å². The summed E-state index contributed by atoms with van der Waals surface area (Å²) in [6, 6.07) is 3.80. The lowest BCUT2D eigenvalue weighted by atomic mass is 10.0. The lowest BCUT2D eigenvalue weighted by Gasteiger charge is -2.15. The van der Waals surface area contributed by atoms with E-state index in [1.54, 1.807) is 7.11 Å². The molecule has 14 heavy (non-hydrogen) atoms. The molecule has 0 saturated carbocycles. The number of halogens is 1. The van der Waals surface area contributed by atoms with E-state index in [1.165, 1.54) is 0 Å². The fourth-order valence-electron chi connectivity index (χ4n) is 1.47. The lowest BCUT2D eigenvalue weighted by Crippen LogP contribution is -1.97. The van der Waals surface area contributed by atoms with E-state index in [0.29, 0.717) is 5.92 Å². The molecular weight excluding hydrogens is 244 g/mol. The molecule has 0 aliphatic carbocycles. The van der Waals surface area contributed by atoms with Gasteiger partial charge in [0.25, 0.3) is 0 Å². The predicted octanol–water partition coefficient (Wildman–Crippen LogP) is 3.07. The molecule has 0 aromatic heterocycles. The summed E-state index contributed by atoms with van der Waals surface area (Å²) >= 11 is 3.49. The van der Waals surface area contributed by atoms with Gasteiger partial charge in [-0.15, -0.1) is 0 Å². The Morgan fingerprint density at radius 1 is 1.43 bits per heavy atom. The molecule has 0 atom stereocenters. The van der Waals surface area contributed by atoms with Gasteiger partial charge in [-0.05, 0) is 23.6 Å². The number of aliphatic hydroxyl groups excluding tert-OH is 1. The molecule has 0 unspecified atom stereocenters. The summed E-state index contributed by atoms with van der Waals surface area (Å²) in [4.78, 5) is 0. The van der Waals surface area contributed by atoms with Gasteiger partial charge in [-0.2, -0.15) is 0 Å². The van der Waals surface area contributed by atoms with E-state index in [2.05, 4.69) is 29.8 Å². The van der Waals surface area contributed by atoms with Crippen LogP contribution in [0.3, 0.4) is 0 Å². The highest BCUT2D eigenvalue weighted by Crippen LogP contribution is 2.34. The number of aliphatic hydroxyl groups is 1. The van der Waals surface area contributed by atoms with Crippen LogP contribution in [-0.4, -0.2) is 12.2 Å². The van der Waals surface area contributed by atoms with Crippen LogP contribution in [0.5, 0.6) is 5.75 Å². The van der Waals surface area contributed by atoms with Gasteiger partial charge in [-0.3, -0.25) is 0 Å². The molecule has 0 heterocycles. The number of hydrogen-bond donors (Lipinski definition) is 1. The topological polar surface area (TPSA) is 29.5 Å². The summed E-state index contributed by atoms with van der Waals surface area (Å²) in [6.07, 6.45) is 0. The van der Waals surface area contributed by atoms with Gasteiger partial charge in [0.1, 0.15) is 5.75 Å². The Hall–Kier alpha value is -0.540. The Bertz CT molecular complexity index is 321. The normalized spacial score (nSPS) is 10.7. The zero-order valence-electron chi connectivity index (χ0n) is 8.67. The van der Waals surface area contributed by atoms with Crippen molar-refractivity contribution in [3.63, 3.8) is 0 Å². The molecule has 1 aromatic rings. The number of rotatable bonds is 3. The van der Waals surface area contributed by atoms with Gasteiger partial charge in [-0.1, -0.05) is 29.8 Å². The van der Waals surface area contributed by atoms with Gasteiger partial charge in [0.05, 0.1) is 13.7 Å². The molecule has 0 bridgehead atoms. The first-order valence-corrected chi connectivity index (χ1v) is 5.36. The van der Waals surface area contributed by atoms with Crippen molar-refractivity contribution in [3.8, 4) is 5.75 Å². The quantitative estimate of drug-likeness (QED) is 0.903. The van der Waals surface area contributed by atoms with Crippen LogP contribution >= 0.6 is 15.9 Å². The minimum Gasteiger partial charge on any atom is -0.496 e. The Kier molecular flexibility index (Phi) is 3.96. The van der Waals surface area contributed by atoms with Crippen molar-refractivity contribution >= 4 is 15.9 Å². The maximum absolute atomic E-state index is 9.04. The van der Waals surface area contributed by atoms with E-state index in [1.807, 2.05) is 12.1 Å². The van der Waals surface area contributed by atoms with Crippen LogP contribution in [0.15, 0.2) is 16.6 Å². The molecule has 0 aliphatic rings. The van der Waals surface area contributed by atoms with Crippen molar-refractivity contribution in [1.82, 2.24) is 0 Å². The summed E-state index contributed by atoms with van der Waals surface area (Å²) < 4.78 is 6.29. The van der Waals surface area contributed by atoms with Gasteiger partial charge in [0.2, 0.25) is 0 Å². The first-order chi connectivity index (χ1) is 6.60. The highest BCUT2D eigenvalue weighted by molar-refractivity contribution is 9.10. The second-order valence-corrected chi connectivity index (χ2v) is 4.36. The Morgan fingerprint density at radius 2 is 2.07 bits per heavy atom. The third-order valence-corrected chi connectivity index (χ3v) is 2.79. The molecule has 0 spiro atoms. The molecule has 0 radical (unpaired) electrons. The fourth-order valence-corrected chi connectivity index (χ4v) is 2.41. The Morgan fingerprint density at radius 3 is 2.50 bits per heavy atom. The number of benzene rings is 1. The molecule has 1 rings (SSSR count). The molecule has 78 valence electrons. The van der Waals surface area contributed by atoms with Crippen molar-refractivity contribution < 1.29 is 9.84 Å². The molecule has 0 aliphatic heterocycles. The van der Waals surface area contributed by atoms with Crippen LogP contribution < -0.4 is 4.74 Å². The van der Waals surface area contributed by atoms with Gasteiger partial charge in [0.15, 0.2) is 0 Å². The van der Waals surface area contributed by atoms with E-state index < -0.39 is 0 Å². The summed E-state index contributed by atoms with van der Waals surface area (Å²) in [7, 11) is 1.65. The largest absolute Gasteiger partial charge is 0.496 e. The molecule has 0 fully saturated rings. The molecular formula is C11H15BrO2. The minimum absolute atomic E-state index is 0.0351. The highest BCUT2D eigenvalue weighted by atomic mass is 79.9. The smallest absolute Gasteiger partial charge is 0.123 e. The summed E-state index contributed by atoms with van der Waals surface area (Å²) in [6.45, 7) is 4.26. The van der Waals surface area contributed by atoms with Crippen LogP contribution in [0.25, 0.3) is 0 Å².